The number of esters is 1. The van der Waals surface area contributed by atoms with Gasteiger partial charge in [0.15, 0.2) is 4.80 Å². The predicted octanol–water partition coefficient (Wildman–Crippen LogP) is 4.93. The molecule has 3 heterocycles. The van der Waals surface area contributed by atoms with E-state index in [1.165, 1.54) is 18.4 Å². The molecule has 1 atom stereocenters. The highest BCUT2D eigenvalue weighted by Gasteiger charge is 2.32. The first-order valence-electron chi connectivity index (χ1n) is 13.7. The van der Waals surface area contributed by atoms with E-state index in [-0.39, 0.29) is 11.5 Å². The maximum Gasteiger partial charge on any atom is 0.337 e. The lowest BCUT2D eigenvalue weighted by Gasteiger charge is -2.25. The monoisotopic (exact) mass is 605 g/mol. The van der Waals surface area contributed by atoms with Crippen molar-refractivity contribution in [2.24, 2.45) is 4.99 Å². The SMILES string of the molecule is COC(=O)c1ccc(-c2ccc(/C=c3/sc4n(c3=O)[C@@H](c3ccc(OC)cc3)C(C(=O)Nc3ccccc3)=C(C)N=4)o2)cc1. The molecule has 3 aromatic carbocycles. The number of hydrogen-bond donors (Lipinski definition) is 1. The number of allylic oxidation sites excluding steroid dienone is 1. The van der Waals surface area contributed by atoms with Crippen molar-refractivity contribution in [2.45, 2.75) is 13.0 Å². The van der Waals surface area contributed by atoms with Gasteiger partial charge in [-0.2, -0.15) is 0 Å². The maximum absolute atomic E-state index is 14.0. The molecule has 0 spiro atoms. The Morgan fingerprint density at radius 2 is 1.68 bits per heavy atom. The van der Waals surface area contributed by atoms with Gasteiger partial charge in [-0.25, -0.2) is 9.79 Å². The fraction of sp³-hybridized carbons (Fsp3) is 0.118. The number of ether oxygens (including phenoxy) is 2. The summed E-state index contributed by atoms with van der Waals surface area (Å²) in [4.78, 5) is 44.6. The van der Waals surface area contributed by atoms with Gasteiger partial charge in [0.25, 0.3) is 11.5 Å². The highest BCUT2D eigenvalue weighted by Crippen LogP contribution is 2.32. The molecule has 44 heavy (non-hydrogen) atoms. The topological polar surface area (TPSA) is 112 Å². The Morgan fingerprint density at radius 3 is 2.36 bits per heavy atom. The fourth-order valence-corrected chi connectivity index (χ4v) is 6.06. The van der Waals surface area contributed by atoms with Crippen LogP contribution in [0.5, 0.6) is 5.75 Å². The molecule has 1 amide bonds. The average Bonchev–Trinajstić information content (AvgIpc) is 3.64. The van der Waals surface area contributed by atoms with E-state index in [4.69, 9.17) is 18.9 Å². The number of furan rings is 1. The Balaban J connectivity index is 1.40. The molecule has 2 aromatic heterocycles. The van der Waals surface area contributed by atoms with Crippen LogP contribution in [0.25, 0.3) is 17.4 Å². The highest BCUT2D eigenvalue weighted by atomic mass is 32.1. The molecule has 9 nitrogen and oxygen atoms in total. The van der Waals surface area contributed by atoms with Crippen LogP contribution in [0.4, 0.5) is 5.69 Å². The minimum Gasteiger partial charge on any atom is -0.497 e. The third-order valence-corrected chi connectivity index (χ3v) is 8.20. The van der Waals surface area contributed by atoms with Gasteiger partial charge < -0.3 is 19.2 Å². The molecule has 1 aliphatic heterocycles. The number of amides is 1. The van der Waals surface area contributed by atoms with Gasteiger partial charge in [-0.3, -0.25) is 14.2 Å². The molecular formula is C34H27N3O6S. The first kappa shape index (κ1) is 28.6. The zero-order valence-corrected chi connectivity index (χ0v) is 24.9. The number of carbonyl (C=O) groups excluding carboxylic acids is 2. The van der Waals surface area contributed by atoms with E-state index < -0.39 is 12.0 Å². The summed E-state index contributed by atoms with van der Waals surface area (Å²) in [5.74, 6) is 0.941. The molecule has 0 fully saturated rings. The molecule has 6 rings (SSSR count). The second kappa shape index (κ2) is 12.0. The van der Waals surface area contributed by atoms with E-state index in [1.54, 1.807) is 85.3 Å². The van der Waals surface area contributed by atoms with Crippen molar-refractivity contribution in [2.75, 3.05) is 19.5 Å². The van der Waals surface area contributed by atoms with Crippen molar-refractivity contribution < 1.29 is 23.5 Å². The van der Waals surface area contributed by atoms with Crippen LogP contribution in [-0.4, -0.2) is 30.7 Å². The number of nitrogens with one attached hydrogen (secondary N) is 1. The number of aromatic nitrogens is 1. The van der Waals surface area contributed by atoms with Gasteiger partial charge in [0.2, 0.25) is 0 Å². The van der Waals surface area contributed by atoms with E-state index in [2.05, 4.69) is 5.32 Å². The first-order valence-corrected chi connectivity index (χ1v) is 14.5. The second-order valence-corrected chi connectivity index (χ2v) is 11.0. The van der Waals surface area contributed by atoms with Gasteiger partial charge in [-0.1, -0.05) is 53.8 Å². The normalized spacial score (nSPS) is 14.5. The standard InChI is InChI=1S/C34H27N3O6S/c1-20-29(31(38)36-24-7-5-4-6-8-24)30(22-13-15-25(41-2)16-14-22)37-32(39)28(44-34(37)35-20)19-26-17-18-27(43-26)21-9-11-23(12-10-21)33(40)42-3/h4-19,30H,1-3H3,(H,36,38)/b28-19+/t30-/m0/s1. The third-order valence-electron chi connectivity index (χ3n) is 7.22. The van der Waals surface area contributed by atoms with E-state index >= 15 is 0 Å². The summed E-state index contributed by atoms with van der Waals surface area (Å²) in [7, 11) is 2.92. The molecule has 5 aromatic rings. The summed E-state index contributed by atoms with van der Waals surface area (Å²) < 4.78 is 18.1. The molecule has 0 saturated heterocycles. The largest absolute Gasteiger partial charge is 0.497 e. The number of methoxy groups -OCH3 is 2. The van der Waals surface area contributed by atoms with Crippen LogP contribution in [0.3, 0.4) is 0 Å². The fourth-order valence-electron chi connectivity index (χ4n) is 5.04. The van der Waals surface area contributed by atoms with Crippen LogP contribution < -0.4 is 24.9 Å². The summed E-state index contributed by atoms with van der Waals surface area (Å²) in [6.45, 7) is 1.78. The highest BCUT2D eigenvalue weighted by molar-refractivity contribution is 7.07. The lowest BCUT2D eigenvalue weighted by Crippen LogP contribution is -2.40. The number of rotatable bonds is 7. The van der Waals surface area contributed by atoms with Crippen molar-refractivity contribution in [3.63, 3.8) is 0 Å². The van der Waals surface area contributed by atoms with Gasteiger partial charge in [0.05, 0.1) is 41.6 Å². The summed E-state index contributed by atoms with van der Waals surface area (Å²) in [5.41, 5.74) is 3.16. The van der Waals surface area contributed by atoms with E-state index in [0.29, 0.717) is 49.1 Å². The van der Waals surface area contributed by atoms with Gasteiger partial charge in [0, 0.05) is 17.3 Å². The number of hydrogen-bond acceptors (Lipinski definition) is 8. The van der Waals surface area contributed by atoms with E-state index in [1.807, 2.05) is 30.3 Å². The molecule has 220 valence electrons. The van der Waals surface area contributed by atoms with Gasteiger partial charge >= 0.3 is 5.97 Å². The Morgan fingerprint density at radius 1 is 0.955 bits per heavy atom. The molecule has 10 heteroatoms. The minimum absolute atomic E-state index is 0.299. The summed E-state index contributed by atoms with van der Waals surface area (Å²) in [6.07, 6.45) is 1.67. The quantitative estimate of drug-likeness (QED) is 0.264. The molecule has 0 unspecified atom stereocenters. The summed E-state index contributed by atoms with van der Waals surface area (Å²) >= 11 is 1.22. The first-order chi connectivity index (χ1) is 21.4. The van der Waals surface area contributed by atoms with Crippen LogP contribution >= 0.6 is 11.3 Å². The van der Waals surface area contributed by atoms with Gasteiger partial charge in [0.1, 0.15) is 17.3 Å². The molecule has 0 bridgehead atoms. The number of nitrogens with zero attached hydrogens (tertiary/aromatic N) is 2. The number of benzene rings is 3. The van der Waals surface area contributed by atoms with Crippen LogP contribution in [0.2, 0.25) is 0 Å². The van der Waals surface area contributed by atoms with Crippen molar-refractivity contribution in [3.05, 3.63) is 139 Å². The van der Waals surface area contributed by atoms with Crippen LogP contribution in [0, 0.1) is 0 Å². The lowest BCUT2D eigenvalue weighted by molar-refractivity contribution is -0.113. The molecular weight excluding hydrogens is 578 g/mol. The minimum atomic E-state index is -0.719. The summed E-state index contributed by atoms with van der Waals surface area (Å²) in [5, 5.41) is 2.95. The second-order valence-electron chi connectivity index (χ2n) is 9.95. The molecule has 1 N–H and O–H groups in total. The van der Waals surface area contributed by atoms with Gasteiger partial charge in [-0.05, 0) is 61.0 Å². The van der Waals surface area contributed by atoms with Crippen molar-refractivity contribution in [1.29, 1.82) is 0 Å². The van der Waals surface area contributed by atoms with Crippen molar-refractivity contribution >= 4 is 35.0 Å². The van der Waals surface area contributed by atoms with Crippen LogP contribution in [0.1, 0.15) is 34.6 Å². The number of anilines is 1. The lowest BCUT2D eigenvalue weighted by atomic mass is 9.95. The smallest absolute Gasteiger partial charge is 0.337 e. The number of para-hydroxylation sites is 1. The number of carbonyl (C=O) groups is 2. The number of fused-ring (bicyclic) bond motifs is 1. The third kappa shape index (κ3) is 5.50. The van der Waals surface area contributed by atoms with Gasteiger partial charge in [-0.15, -0.1) is 0 Å². The number of thiazole rings is 1. The molecule has 1 aliphatic rings. The van der Waals surface area contributed by atoms with Crippen molar-refractivity contribution in [1.82, 2.24) is 4.57 Å². The van der Waals surface area contributed by atoms with Crippen molar-refractivity contribution in [3.8, 4) is 17.1 Å². The van der Waals surface area contributed by atoms with Crippen LogP contribution in [-0.2, 0) is 9.53 Å². The Kier molecular flexibility index (Phi) is 7.82. The molecule has 0 radical (unpaired) electrons. The van der Waals surface area contributed by atoms with E-state index in [0.717, 1.165) is 11.1 Å². The maximum atomic E-state index is 14.0. The predicted molar refractivity (Wildman–Crippen MR) is 167 cm³/mol. The Bertz CT molecular complexity index is 2070. The zero-order chi connectivity index (χ0) is 30.8. The average molecular weight is 606 g/mol. The Hall–Kier alpha value is -5.48. The van der Waals surface area contributed by atoms with E-state index in [9.17, 15) is 14.4 Å². The zero-order valence-electron chi connectivity index (χ0n) is 24.1. The molecule has 0 aliphatic carbocycles. The van der Waals surface area contributed by atoms with Crippen LogP contribution in [0.15, 0.2) is 116 Å². The summed E-state index contributed by atoms with van der Waals surface area (Å²) in [6, 6.07) is 26.1. The Labute approximate surface area is 256 Å². The molecule has 0 saturated carbocycles.